The summed E-state index contributed by atoms with van der Waals surface area (Å²) in [7, 11) is 0. The molecule has 0 N–H and O–H groups in total. The minimum absolute atomic E-state index is 1.01. The average Bonchev–Trinajstić information content (AvgIpc) is 2.48. The molecule has 0 amide bonds. The lowest BCUT2D eigenvalue weighted by atomic mass is 9.84. The number of hydrogen-bond acceptors (Lipinski definition) is 0. The molecule has 0 rings (SSSR count). The summed E-state index contributed by atoms with van der Waals surface area (Å²) >= 11 is 0. The third-order valence-corrected chi connectivity index (χ3v) is 5.00. The molecule has 2 unspecified atom stereocenters. The predicted molar refractivity (Wildman–Crippen MR) is 94.3 cm³/mol. The van der Waals surface area contributed by atoms with E-state index in [1.54, 1.807) is 0 Å². The minimum Gasteiger partial charge on any atom is -0.0654 e. The van der Waals surface area contributed by atoms with Gasteiger partial charge in [-0.05, 0) is 18.3 Å². The van der Waals surface area contributed by atoms with E-state index >= 15 is 0 Å². The van der Waals surface area contributed by atoms with E-state index in [9.17, 15) is 0 Å². The van der Waals surface area contributed by atoms with Crippen molar-refractivity contribution < 1.29 is 0 Å². The maximum atomic E-state index is 2.40. The van der Waals surface area contributed by atoms with Crippen molar-refractivity contribution in [3.05, 3.63) is 0 Å². The van der Waals surface area contributed by atoms with Gasteiger partial charge in [-0.1, -0.05) is 111 Å². The first-order chi connectivity index (χ1) is 9.78. The molecule has 0 bridgehead atoms. The van der Waals surface area contributed by atoms with E-state index in [-0.39, 0.29) is 0 Å². The molecule has 0 aliphatic heterocycles. The van der Waals surface area contributed by atoms with Crippen LogP contribution in [0.3, 0.4) is 0 Å². The summed E-state index contributed by atoms with van der Waals surface area (Å²) in [6, 6.07) is 0. The first-order valence-corrected chi connectivity index (χ1v) is 9.78. The van der Waals surface area contributed by atoms with Gasteiger partial charge in [0.25, 0.3) is 0 Å². The normalized spacial score (nSPS) is 14.4. The molecule has 0 spiro atoms. The molecule has 0 radical (unpaired) electrons. The topological polar surface area (TPSA) is 0 Å². The molecule has 20 heavy (non-hydrogen) atoms. The summed E-state index contributed by atoms with van der Waals surface area (Å²) in [6.45, 7) is 9.42. The van der Waals surface area contributed by atoms with Crippen LogP contribution in [-0.4, -0.2) is 0 Å². The van der Waals surface area contributed by atoms with Gasteiger partial charge in [-0.2, -0.15) is 0 Å². The van der Waals surface area contributed by atoms with Crippen LogP contribution in [0.1, 0.15) is 118 Å². The van der Waals surface area contributed by atoms with Crippen molar-refractivity contribution in [1.29, 1.82) is 0 Å². The Morgan fingerprint density at radius 3 is 1.30 bits per heavy atom. The largest absolute Gasteiger partial charge is 0.0654 e. The zero-order valence-corrected chi connectivity index (χ0v) is 15.1. The Hall–Kier alpha value is 0. The number of hydrogen-bond donors (Lipinski definition) is 0. The van der Waals surface area contributed by atoms with Gasteiger partial charge in [0.05, 0.1) is 0 Å². The monoisotopic (exact) mass is 282 g/mol. The molecule has 0 aliphatic rings. The molecule has 122 valence electrons. The van der Waals surface area contributed by atoms with Crippen molar-refractivity contribution in [2.75, 3.05) is 0 Å². The molecular formula is C20H42. The summed E-state index contributed by atoms with van der Waals surface area (Å²) in [6.07, 6.45) is 20.2. The molecule has 0 saturated carbocycles. The Bertz CT molecular complexity index is 173. The Kier molecular flexibility index (Phi) is 15.4. The van der Waals surface area contributed by atoms with Crippen LogP contribution in [0.15, 0.2) is 0 Å². The maximum Gasteiger partial charge on any atom is -0.0414 e. The van der Waals surface area contributed by atoms with Crippen molar-refractivity contribution in [3.8, 4) is 0 Å². The van der Waals surface area contributed by atoms with E-state index in [1.165, 1.54) is 89.9 Å². The van der Waals surface area contributed by atoms with Crippen LogP contribution in [0.25, 0.3) is 0 Å². The lowest BCUT2D eigenvalue weighted by Crippen LogP contribution is -2.08. The van der Waals surface area contributed by atoms with E-state index in [2.05, 4.69) is 27.7 Å². The van der Waals surface area contributed by atoms with E-state index in [0.29, 0.717) is 0 Å². The fourth-order valence-corrected chi connectivity index (χ4v) is 3.35. The summed E-state index contributed by atoms with van der Waals surface area (Å²) in [5.74, 6) is 2.01. The first kappa shape index (κ1) is 20.0. The van der Waals surface area contributed by atoms with Crippen LogP contribution in [-0.2, 0) is 0 Å². The molecule has 0 fully saturated rings. The summed E-state index contributed by atoms with van der Waals surface area (Å²) in [5, 5.41) is 0. The highest BCUT2D eigenvalue weighted by atomic mass is 14.2. The lowest BCUT2D eigenvalue weighted by molar-refractivity contribution is 0.307. The fourth-order valence-electron chi connectivity index (χ4n) is 3.35. The van der Waals surface area contributed by atoms with Gasteiger partial charge in [0.2, 0.25) is 0 Å². The van der Waals surface area contributed by atoms with Crippen LogP contribution in [0.4, 0.5) is 0 Å². The second-order valence-electron chi connectivity index (χ2n) is 6.84. The van der Waals surface area contributed by atoms with Gasteiger partial charge in [0.1, 0.15) is 0 Å². The minimum atomic E-state index is 1.01. The fraction of sp³-hybridized carbons (Fsp3) is 1.00. The molecule has 0 aromatic carbocycles. The molecule has 2 atom stereocenters. The Morgan fingerprint density at radius 2 is 0.900 bits per heavy atom. The molecule has 0 heteroatoms. The second kappa shape index (κ2) is 15.4. The number of rotatable bonds is 15. The van der Waals surface area contributed by atoms with E-state index in [0.717, 1.165) is 11.8 Å². The van der Waals surface area contributed by atoms with Crippen LogP contribution < -0.4 is 0 Å². The third-order valence-electron chi connectivity index (χ3n) is 5.00. The lowest BCUT2D eigenvalue weighted by Gasteiger charge is -2.22. The van der Waals surface area contributed by atoms with Crippen LogP contribution in [0.5, 0.6) is 0 Å². The Labute approximate surface area is 130 Å². The molecule has 0 saturated heterocycles. The molecule has 0 aromatic rings. The molecular weight excluding hydrogens is 240 g/mol. The highest BCUT2D eigenvalue weighted by Gasteiger charge is 2.13. The zero-order chi connectivity index (χ0) is 15.1. The van der Waals surface area contributed by atoms with Crippen molar-refractivity contribution in [2.24, 2.45) is 11.8 Å². The van der Waals surface area contributed by atoms with Crippen LogP contribution >= 0.6 is 0 Å². The standard InChI is InChI=1S/C20H42/c1-5-9-11-13-15-17-20(8-4)18-19(7-3)16-14-12-10-6-2/h19-20H,5-18H2,1-4H3. The smallest absolute Gasteiger partial charge is 0.0414 e. The molecule has 0 heterocycles. The van der Waals surface area contributed by atoms with Gasteiger partial charge in [-0.3, -0.25) is 0 Å². The van der Waals surface area contributed by atoms with E-state index in [1.807, 2.05) is 0 Å². The van der Waals surface area contributed by atoms with Crippen LogP contribution in [0.2, 0.25) is 0 Å². The van der Waals surface area contributed by atoms with Gasteiger partial charge in [0, 0.05) is 0 Å². The first-order valence-electron chi connectivity index (χ1n) is 9.78. The zero-order valence-electron chi connectivity index (χ0n) is 15.1. The highest BCUT2D eigenvalue weighted by molar-refractivity contribution is 4.66. The van der Waals surface area contributed by atoms with Crippen molar-refractivity contribution in [1.82, 2.24) is 0 Å². The quantitative estimate of drug-likeness (QED) is 0.269. The summed E-state index contributed by atoms with van der Waals surface area (Å²) in [5.41, 5.74) is 0. The Morgan fingerprint density at radius 1 is 0.500 bits per heavy atom. The summed E-state index contributed by atoms with van der Waals surface area (Å²) in [4.78, 5) is 0. The maximum absolute atomic E-state index is 2.40. The molecule has 0 aromatic heterocycles. The van der Waals surface area contributed by atoms with Crippen LogP contribution in [0, 0.1) is 11.8 Å². The summed E-state index contributed by atoms with van der Waals surface area (Å²) < 4.78 is 0. The molecule has 0 nitrogen and oxygen atoms in total. The van der Waals surface area contributed by atoms with Crippen molar-refractivity contribution in [3.63, 3.8) is 0 Å². The van der Waals surface area contributed by atoms with Gasteiger partial charge in [-0.15, -0.1) is 0 Å². The molecule has 0 aliphatic carbocycles. The van der Waals surface area contributed by atoms with Gasteiger partial charge in [0.15, 0.2) is 0 Å². The van der Waals surface area contributed by atoms with Crippen molar-refractivity contribution in [2.45, 2.75) is 118 Å². The van der Waals surface area contributed by atoms with Gasteiger partial charge in [-0.25, -0.2) is 0 Å². The van der Waals surface area contributed by atoms with E-state index in [4.69, 9.17) is 0 Å². The predicted octanol–water partition coefficient (Wildman–Crippen LogP) is 7.76. The van der Waals surface area contributed by atoms with Gasteiger partial charge >= 0.3 is 0 Å². The average molecular weight is 283 g/mol. The number of unbranched alkanes of at least 4 members (excludes halogenated alkanes) is 7. The second-order valence-corrected chi connectivity index (χ2v) is 6.84. The SMILES string of the molecule is CCCCCCCC(CC)CC(CC)CCCCCC. The van der Waals surface area contributed by atoms with Crippen molar-refractivity contribution >= 4 is 0 Å². The van der Waals surface area contributed by atoms with Gasteiger partial charge < -0.3 is 0 Å². The third kappa shape index (κ3) is 11.8. The Balaban J connectivity index is 3.74. The highest BCUT2D eigenvalue weighted by Crippen LogP contribution is 2.27. The van der Waals surface area contributed by atoms with E-state index < -0.39 is 0 Å².